The van der Waals surface area contributed by atoms with E-state index in [0.29, 0.717) is 28.0 Å². The predicted octanol–water partition coefficient (Wildman–Crippen LogP) is 4.57. The number of aromatic nitrogens is 1. The topological polar surface area (TPSA) is 92.3 Å². The van der Waals surface area contributed by atoms with Gasteiger partial charge in [0.05, 0.1) is 17.8 Å². The Morgan fingerprint density at radius 1 is 1.10 bits per heavy atom. The first-order chi connectivity index (χ1) is 14.9. The van der Waals surface area contributed by atoms with Crippen LogP contribution in [0, 0.1) is 5.82 Å². The van der Waals surface area contributed by atoms with Crippen molar-refractivity contribution in [2.45, 2.75) is 13.0 Å². The molecule has 0 fully saturated rings. The first kappa shape index (κ1) is 22.0. The molecule has 2 aromatic carbocycles. The van der Waals surface area contributed by atoms with E-state index in [0.717, 1.165) is 6.07 Å². The van der Waals surface area contributed by atoms with Gasteiger partial charge >= 0.3 is 0 Å². The summed E-state index contributed by atoms with van der Waals surface area (Å²) in [5.74, 6) is -0.519. The highest BCUT2D eigenvalue weighted by atomic mass is 35.5. The first-order valence-corrected chi connectivity index (χ1v) is 9.67. The van der Waals surface area contributed by atoms with Crippen LogP contribution in [0.25, 0.3) is 0 Å². The summed E-state index contributed by atoms with van der Waals surface area (Å²) in [6.45, 7) is 1.68. The van der Waals surface area contributed by atoms with E-state index < -0.39 is 17.8 Å². The average molecular weight is 443 g/mol. The summed E-state index contributed by atoms with van der Waals surface area (Å²) < 4.78 is 18.7. The van der Waals surface area contributed by atoms with Gasteiger partial charge < -0.3 is 20.7 Å². The number of nitrogens with zero attached hydrogens (tertiary/aromatic N) is 1. The Morgan fingerprint density at radius 3 is 2.58 bits per heavy atom. The Hall–Kier alpha value is -3.65. The molecule has 7 nitrogen and oxygen atoms in total. The van der Waals surface area contributed by atoms with Gasteiger partial charge in [-0.05, 0) is 55.5 Å². The summed E-state index contributed by atoms with van der Waals surface area (Å²) in [5.41, 5.74) is 1.11. The lowest BCUT2D eigenvalue weighted by molar-refractivity contribution is -0.116. The van der Waals surface area contributed by atoms with Crippen LogP contribution in [0.15, 0.2) is 60.8 Å². The molecule has 1 heterocycles. The van der Waals surface area contributed by atoms with Crippen molar-refractivity contribution in [1.29, 1.82) is 0 Å². The average Bonchev–Trinajstić information content (AvgIpc) is 2.75. The molecule has 0 aliphatic rings. The molecule has 0 aliphatic carbocycles. The maximum absolute atomic E-state index is 13.4. The Labute approximate surface area is 183 Å². The van der Waals surface area contributed by atoms with Crippen LogP contribution in [0.4, 0.5) is 21.6 Å². The molecule has 160 valence electrons. The zero-order chi connectivity index (χ0) is 22.4. The van der Waals surface area contributed by atoms with Gasteiger partial charge in [-0.2, -0.15) is 0 Å². The van der Waals surface area contributed by atoms with Gasteiger partial charge in [0.2, 0.25) is 5.91 Å². The maximum atomic E-state index is 13.4. The molecule has 0 aliphatic heterocycles. The van der Waals surface area contributed by atoms with Gasteiger partial charge in [0.15, 0.2) is 0 Å². The normalized spacial score (nSPS) is 11.4. The SMILES string of the molecule is COc1ccc(NC(C)C(=O)Nc2ccc(Cl)cn2)cc1NC(=O)c1cccc(F)c1. The number of hydrogen-bond donors (Lipinski definition) is 3. The van der Waals surface area contributed by atoms with E-state index in [1.807, 2.05) is 0 Å². The number of carbonyl (C=O) groups excluding carboxylic acids is 2. The predicted molar refractivity (Wildman–Crippen MR) is 118 cm³/mol. The highest BCUT2D eigenvalue weighted by Crippen LogP contribution is 2.29. The summed E-state index contributed by atoms with van der Waals surface area (Å²) in [7, 11) is 1.47. The van der Waals surface area contributed by atoms with E-state index in [-0.39, 0.29) is 11.5 Å². The fraction of sp³-hybridized carbons (Fsp3) is 0.136. The highest BCUT2D eigenvalue weighted by Gasteiger charge is 2.16. The fourth-order valence-corrected chi connectivity index (χ4v) is 2.83. The number of rotatable bonds is 7. The summed E-state index contributed by atoms with van der Waals surface area (Å²) in [6, 6.07) is 12.9. The molecule has 31 heavy (non-hydrogen) atoms. The third kappa shape index (κ3) is 5.93. The molecule has 0 saturated heterocycles. The Morgan fingerprint density at radius 2 is 1.90 bits per heavy atom. The third-order valence-corrected chi connectivity index (χ3v) is 4.51. The molecule has 3 rings (SSSR count). The second-order valence-electron chi connectivity index (χ2n) is 6.60. The van der Waals surface area contributed by atoms with Crippen LogP contribution in [0.1, 0.15) is 17.3 Å². The summed E-state index contributed by atoms with van der Waals surface area (Å²) in [5, 5.41) is 8.91. The summed E-state index contributed by atoms with van der Waals surface area (Å²) in [4.78, 5) is 28.9. The lowest BCUT2D eigenvalue weighted by Gasteiger charge is -2.17. The molecule has 0 saturated carbocycles. The van der Waals surface area contributed by atoms with Gasteiger partial charge in [0.25, 0.3) is 5.91 Å². The van der Waals surface area contributed by atoms with E-state index in [9.17, 15) is 14.0 Å². The molecule has 0 radical (unpaired) electrons. The lowest BCUT2D eigenvalue weighted by atomic mass is 10.2. The molecule has 0 bridgehead atoms. The van der Waals surface area contributed by atoms with E-state index in [1.54, 1.807) is 37.3 Å². The van der Waals surface area contributed by atoms with Gasteiger partial charge in [-0.25, -0.2) is 9.37 Å². The lowest BCUT2D eigenvalue weighted by Crippen LogP contribution is -2.32. The number of ether oxygens (including phenoxy) is 1. The van der Waals surface area contributed by atoms with E-state index in [4.69, 9.17) is 16.3 Å². The van der Waals surface area contributed by atoms with Crippen LogP contribution < -0.4 is 20.7 Å². The number of amides is 2. The summed E-state index contributed by atoms with van der Waals surface area (Å²) in [6.07, 6.45) is 1.44. The number of hydrogen-bond acceptors (Lipinski definition) is 5. The molecule has 3 N–H and O–H groups in total. The van der Waals surface area contributed by atoms with Crippen LogP contribution in [0.5, 0.6) is 5.75 Å². The zero-order valence-corrected chi connectivity index (χ0v) is 17.5. The minimum atomic E-state index is -0.613. The number of carbonyl (C=O) groups is 2. The Balaban J connectivity index is 1.71. The molecule has 0 spiro atoms. The minimum Gasteiger partial charge on any atom is -0.495 e. The number of halogens is 2. The number of pyridine rings is 1. The van der Waals surface area contributed by atoms with Gasteiger partial charge in [-0.3, -0.25) is 9.59 Å². The van der Waals surface area contributed by atoms with E-state index in [1.165, 1.54) is 31.5 Å². The van der Waals surface area contributed by atoms with Crippen molar-refractivity contribution in [2.24, 2.45) is 0 Å². The highest BCUT2D eigenvalue weighted by molar-refractivity contribution is 6.30. The Bertz CT molecular complexity index is 1090. The largest absolute Gasteiger partial charge is 0.495 e. The molecular formula is C22H20ClFN4O3. The van der Waals surface area contributed by atoms with Crippen molar-refractivity contribution < 1.29 is 18.7 Å². The van der Waals surface area contributed by atoms with Crippen molar-refractivity contribution in [3.8, 4) is 5.75 Å². The van der Waals surface area contributed by atoms with Crippen molar-refractivity contribution >= 4 is 40.6 Å². The first-order valence-electron chi connectivity index (χ1n) is 9.29. The van der Waals surface area contributed by atoms with E-state index in [2.05, 4.69) is 20.9 Å². The second kappa shape index (κ2) is 9.90. The molecular weight excluding hydrogens is 423 g/mol. The second-order valence-corrected chi connectivity index (χ2v) is 7.03. The standard InChI is InChI=1S/C22H20ClFN4O3/c1-13(21(29)28-20-9-6-15(23)12-25-20)26-17-7-8-19(31-2)18(11-17)27-22(30)14-4-3-5-16(24)10-14/h3-13,26H,1-2H3,(H,27,30)(H,25,28,29). The van der Waals surface area contributed by atoms with Gasteiger partial charge in [0.1, 0.15) is 23.4 Å². The fourth-order valence-electron chi connectivity index (χ4n) is 2.72. The van der Waals surface area contributed by atoms with Crippen LogP contribution in [0.2, 0.25) is 5.02 Å². The van der Waals surface area contributed by atoms with Crippen molar-refractivity contribution in [3.63, 3.8) is 0 Å². The van der Waals surface area contributed by atoms with Crippen molar-refractivity contribution in [2.75, 3.05) is 23.1 Å². The van der Waals surface area contributed by atoms with Crippen LogP contribution in [0.3, 0.4) is 0 Å². The van der Waals surface area contributed by atoms with Crippen LogP contribution in [-0.4, -0.2) is 29.9 Å². The van der Waals surface area contributed by atoms with Gasteiger partial charge in [0, 0.05) is 17.4 Å². The minimum absolute atomic E-state index is 0.170. The monoisotopic (exact) mass is 442 g/mol. The Kier molecular flexibility index (Phi) is 7.04. The number of methoxy groups -OCH3 is 1. The molecule has 1 unspecified atom stereocenters. The van der Waals surface area contributed by atoms with Crippen molar-refractivity contribution in [3.05, 3.63) is 77.2 Å². The summed E-state index contributed by atoms with van der Waals surface area (Å²) >= 11 is 5.79. The number of nitrogens with one attached hydrogen (secondary N) is 3. The molecule has 3 aromatic rings. The van der Waals surface area contributed by atoms with Gasteiger partial charge in [-0.15, -0.1) is 0 Å². The maximum Gasteiger partial charge on any atom is 0.255 e. The number of anilines is 3. The molecule has 1 atom stereocenters. The zero-order valence-electron chi connectivity index (χ0n) is 16.8. The van der Waals surface area contributed by atoms with Crippen LogP contribution >= 0.6 is 11.6 Å². The molecule has 1 aromatic heterocycles. The molecule has 2 amide bonds. The third-order valence-electron chi connectivity index (χ3n) is 4.29. The smallest absolute Gasteiger partial charge is 0.255 e. The molecule has 9 heteroatoms. The van der Waals surface area contributed by atoms with E-state index >= 15 is 0 Å². The van der Waals surface area contributed by atoms with Crippen molar-refractivity contribution in [1.82, 2.24) is 4.98 Å². The number of benzene rings is 2. The van der Waals surface area contributed by atoms with Gasteiger partial charge in [-0.1, -0.05) is 17.7 Å². The van der Waals surface area contributed by atoms with Crippen LogP contribution in [-0.2, 0) is 4.79 Å². The quantitative estimate of drug-likeness (QED) is 0.498.